The summed E-state index contributed by atoms with van der Waals surface area (Å²) in [6, 6.07) is 0.523. The van der Waals surface area contributed by atoms with E-state index in [0.29, 0.717) is 35.9 Å². The summed E-state index contributed by atoms with van der Waals surface area (Å²) < 4.78 is 1.95. The minimum absolute atomic E-state index is 0.00406. The third-order valence-electron chi connectivity index (χ3n) is 4.62. The van der Waals surface area contributed by atoms with Gasteiger partial charge in [0, 0.05) is 24.6 Å². The van der Waals surface area contributed by atoms with Crippen LogP contribution in [0.15, 0.2) is 6.33 Å². The van der Waals surface area contributed by atoms with Crippen LogP contribution in [0.1, 0.15) is 31.7 Å². The smallest absolute Gasteiger partial charge is 0.224 e. The van der Waals surface area contributed by atoms with Gasteiger partial charge in [-0.15, -0.1) is 0 Å². The molecule has 0 radical (unpaired) electrons. The number of aliphatic hydroxyl groups is 2. The number of nitrogen functional groups attached to an aromatic ring is 1. The van der Waals surface area contributed by atoms with E-state index in [1.165, 1.54) is 0 Å². The summed E-state index contributed by atoms with van der Waals surface area (Å²) in [5.41, 5.74) is 7.23. The zero-order valence-corrected chi connectivity index (χ0v) is 12.2. The first-order valence-corrected chi connectivity index (χ1v) is 7.71. The molecule has 5 N–H and O–H groups in total. The second-order valence-corrected chi connectivity index (χ2v) is 6.31. The van der Waals surface area contributed by atoms with E-state index in [1.54, 1.807) is 6.33 Å². The van der Waals surface area contributed by atoms with Crippen molar-refractivity contribution < 1.29 is 10.2 Å². The van der Waals surface area contributed by atoms with E-state index in [1.807, 2.05) is 4.57 Å². The highest BCUT2D eigenvalue weighted by molar-refractivity contribution is 5.84. The molecule has 2 aromatic rings. The lowest BCUT2D eigenvalue weighted by Crippen LogP contribution is -2.16. The summed E-state index contributed by atoms with van der Waals surface area (Å²) in [5.74, 6) is 0.807. The highest BCUT2D eigenvalue weighted by Gasteiger charge is 2.34. The molecule has 2 saturated carbocycles. The maximum Gasteiger partial charge on any atom is 0.224 e. The van der Waals surface area contributed by atoms with Crippen molar-refractivity contribution in [2.75, 3.05) is 17.7 Å². The Morgan fingerprint density at radius 2 is 2.14 bits per heavy atom. The van der Waals surface area contributed by atoms with E-state index in [9.17, 15) is 10.2 Å². The van der Waals surface area contributed by atoms with E-state index in [4.69, 9.17) is 5.73 Å². The SMILES string of the molecule is Nc1nc(NC2CC2)c2ncn([C@@H]3CC(O)C(CO)C3)c2n1. The molecule has 2 heterocycles. The van der Waals surface area contributed by atoms with Gasteiger partial charge in [-0.3, -0.25) is 0 Å². The monoisotopic (exact) mass is 304 g/mol. The number of nitrogens with one attached hydrogen (secondary N) is 1. The van der Waals surface area contributed by atoms with Gasteiger partial charge in [-0.05, 0) is 25.7 Å². The molecule has 4 rings (SSSR count). The van der Waals surface area contributed by atoms with Crippen LogP contribution in [0.2, 0.25) is 0 Å². The van der Waals surface area contributed by atoms with Crippen molar-refractivity contribution in [3.05, 3.63) is 6.33 Å². The Bertz CT molecular complexity index is 698. The predicted molar refractivity (Wildman–Crippen MR) is 81.2 cm³/mol. The van der Waals surface area contributed by atoms with Crippen LogP contribution in [0.25, 0.3) is 11.2 Å². The van der Waals surface area contributed by atoms with Gasteiger partial charge in [0.1, 0.15) is 0 Å². The topological polar surface area (TPSA) is 122 Å². The van der Waals surface area contributed by atoms with Crippen LogP contribution in [0.5, 0.6) is 0 Å². The van der Waals surface area contributed by atoms with E-state index in [2.05, 4.69) is 20.3 Å². The first-order valence-electron chi connectivity index (χ1n) is 7.71. The maximum atomic E-state index is 10.0. The van der Waals surface area contributed by atoms with Crippen LogP contribution in [-0.4, -0.2) is 48.5 Å². The molecule has 2 fully saturated rings. The summed E-state index contributed by atoms with van der Waals surface area (Å²) in [5, 5.41) is 22.7. The fraction of sp³-hybridized carbons (Fsp3) is 0.643. The zero-order chi connectivity index (χ0) is 15.3. The average Bonchev–Trinajstić information content (AvgIpc) is 3.07. The Balaban J connectivity index is 1.71. The summed E-state index contributed by atoms with van der Waals surface area (Å²) in [6.45, 7) is -0.00406. The number of hydrogen-bond donors (Lipinski definition) is 4. The first kappa shape index (κ1) is 13.7. The molecule has 2 aliphatic rings. The fourth-order valence-electron chi connectivity index (χ4n) is 3.22. The molecule has 118 valence electrons. The summed E-state index contributed by atoms with van der Waals surface area (Å²) >= 11 is 0. The van der Waals surface area contributed by atoms with Crippen molar-refractivity contribution in [2.45, 2.75) is 43.9 Å². The number of imidazole rings is 1. The molecule has 2 unspecified atom stereocenters. The number of hydrogen-bond acceptors (Lipinski definition) is 7. The molecule has 0 saturated heterocycles. The highest BCUT2D eigenvalue weighted by Crippen LogP contribution is 2.37. The van der Waals surface area contributed by atoms with Crippen LogP contribution in [0, 0.1) is 5.92 Å². The van der Waals surface area contributed by atoms with E-state index >= 15 is 0 Å². The lowest BCUT2D eigenvalue weighted by Gasteiger charge is -2.13. The number of fused-ring (bicyclic) bond motifs is 1. The minimum atomic E-state index is -0.490. The van der Waals surface area contributed by atoms with Crippen LogP contribution >= 0.6 is 0 Å². The molecule has 0 amide bonds. The van der Waals surface area contributed by atoms with Gasteiger partial charge >= 0.3 is 0 Å². The Hall–Kier alpha value is -1.93. The number of aliphatic hydroxyl groups excluding tert-OH is 2. The number of rotatable bonds is 4. The normalized spacial score (nSPS) is 28.4. The molecule has 2 aromatic heterocycles. The number of aromatic nitrogens is 4. The Morgan fingerprint density at radius 1 is 1.32 bits per heavy atom. The highest BCUT2D eigenvalue weighted by atomic mass is 16.3. The zero-order valence-electron chi connectivity index (χ0n) is 12.2. The van der Waals surface area contributed by atoms with E-state index in [0.717, 1.165) is 12.8 Å². The van der Waals surface area contributed by atoms with Crippen LogP contribution in [0.3, 0.4) is 0 Å². The molecule has 8 nitrogen and oxygen atoms in total. The van der Waals surface area contributed by atoms with Crippen LogP contribution in [0.4, 0.5) is 11.8 Å². The van der Waals surface area contributed by atoms with E-state index < -0.39 is 6.10 Å². The summed E-state index contributed by atoms with van der Waals surface area (Å²) in [4.78, 5) is 13.0. The number of nitrogens with zero attached hydrogens (tertiary/aromatic N) is 4. The van der Waals surface area contributed by atoms with Crippen molar-refractivity contribution in [3.8, 4) is 0 Å². The van der Waals surface area contributed by atoms with Gasteiger partial charge in [0.05, 0.1) is 12.4 Å². The van der Waals surface area contributed by atoms with Gasteiger partial charge in [0.2, 0.25) is 5.95 Å². The first-order chi connectivity index (χ1) is 10.7. The van der Waals surface area contributed by atoms with Crippen LogP contribution in [-0.2, 0) is 0 Å². The van der Waals surface area contributed by atoms with Gasteiger partial charge in [0.15, 0.2) is 17.0 Å². The van der Waals surface area contributed by atoms with Crippen molar-refractivity contribution in [3.63, 3.8) is 0 Å². The average molecular weight is 304 g/mol. The van der Waals surface area contributed by atoms with E-state index in [-0.39, 0.29) is 24.5 Å². The second kappa shape index (κ2) is 5.06. The maximum absolute atomic E-state index is 10.0. The Labute approximate surface area is 127 Å². The summed E-state index contributed by atoms with van der Waals surface area (Å²) in [7, 11) is 0. The van der Waals surface area contributed by atoms with Gasteiger partial charge in [-0.2, -0.15) is 9.97 Å². The molecule has 8 heteroatoms. The van der Waals surface area contributed by atoms with Gasteiger partial charge in [-0.25, -0.2) is 4.98 Å². The molecule has 0 aliphatic heterocycles. The molecule has 0 spiro atoms. The molecule has 0 bridgehead atoms. The third-order valence-corrected chi connectivity index (χ3v) is 4.62. The standard InChI is InChI=1S/C14H20N6O2/c15-14-18-12(17-8-1-2-8)11-13(19-14)20(6-16-11)9-3-7(5-21)10(22)4-9/h6-10,21-22H,1-5H2,(H3,15,17,18,19)/t7?,9-,10?/m0/s1. The van der Waals surface area contributed by atoms with Gasteiger partial charge in [-0.1, -0.05) is 0 Å². The minimum Gasteiger partial charge on any atom is -0.396 e. The molecule has 3 atom stereocenters. The Morgan fingerprint density at radius 3 is 2.82 bits per heavy atom. The van der Waals surface area contributed by atoms with Crippen molar-refractivity contribution in [1.29, 1.82) is 0 Å². The molecular formula is C14H20N6O2. The third kappa shape index (κ3) is 2.28. The lowest BCUT2D eigenvalue weighted by molar-refractivity contribution is 0.0906. The van der Waals surface area contributed by atoms with Crippen molar-refractivity contribution in [1.82, 2.24) is 19.5 Å². The molecule has 2 aliphatic carbocycles. The largest absolute Gasteiger partial charge is 0.396 e. The van der Waals surface area contributed by atoms with Gasteiger partial charge in [0.25, 0.3) is 0 Å². The number of nitrogens with two attached hydrogens (primary N) is 1. The van der Waals surface area contributed by atoms with Crippen LogP contribution < -0.4 is 11.1 Å². The molecular weight excluding hydrogens is 284 g/mol. The van der Waals surface area contributed by atoms with Gasteiger partial charge < -0.3 is 25.8 Å². The summed E-state index contributed by atoms with van der Waals surface area (Å²) in [6.07, 6.45) is 4.81. The second-order valence-electron chi connectivity index (χ2n) is 6.31. The number of anilines is 2. The van der Waals surface area contributed by atoms with Crippen molar-refractivity contribution in [2.24, 2.45) is 5.92 Å². The fourth-order valence-corrected chi connectivity index (χ4v) is 3.22. The predicted octanol–water partition coefficient (Wildman–Crippen LogP) is 0.287. The molecule has 0 aromatic carbocycles. The van der Waals surface area contributed by atoms with Crippen molar-refractivity contribution >= 4 is 22.9 Å². The molecule has 22 heavy (non-hydrogen) atoms. The lowest BCUT2D eigenvalue weighted by atomic mass is 10.1. The quantitative estimate of drug-likeness (QED) is 0.640. The Kier molecular flexibility index (Phi) is 3.16.